The zero-order valence-corrected chi connectivity index (χ0v) is 21.1. The summed E-state index contributed by atoms with van der Waals surface area (Å²) in [7, 11) is 1.58. The molecule has 194 valence electrons. The van der Waals surface area contributed by atoms with Gasteiger partial charge in [0.1, 0.15) is 11.5 Å². The van der Waals surface area contributed by atoms with E-state index in [0.717, 1.165) is 34.4 Å². The number of rotatable bonds is 8. The number of hydrogen-bond acceptors (Lipinski definition) is 9. The van der Waals surface area contributed by atoms with Crippen molar-refractivity contribution in [1.82, 2.24) is 15.0 Å². The first kappa shape index (κ1) is 25.1. The Bertz CT molecular complexity index is 1480. The monoisotopic (exact) mass is 511 g/mol. The van der Waals surface area contributed by atoms with Gasteiger partial charge < -0.3 is 30.7 Å². The van der Waals surface area contributed by atoms with Gasteiger partial charge >= 0.3 is 0 Å². The Balaban J connectivity index is 1.44. The molecule has 0 spiro atoms. The molecule has 1 aliphatic heterocycles. The summed E-state index contributed by atoms with van der Waals surface area (Å²) in [6.45, 7) is 5.97. The first-order chi connectivity index (χ1) is 18.6. The molecular weight excluding hydrogens is 482 g/mol. The van der Waals surface area contributed by atoms with Crippen molar-refractivity contribution in [3.05, 3.63) is 73.4 Å². The van der Waals surface area contributed by atoms with Crippen molar-refractivity contribution in [2.75, 3.05) is 48.9 Å². The summed E-state index contributed by atoms with van der Waals surface area (Å²) in [4.78, 5) is 27.9. The van der Waals surface area contributed by atoms with Gasteiger partial charge in [-0.1, -0.05) is 36.9 Å². The molecule has 4 N–H and O–H groups in total. The summed E-state index contributed by atoms with van der Waals surface area (Å²) in [5, 5.41) is 6.93. The fraction of sp³-hybridized carbons (Fsp3) is 0.214. The molecule has 0 aliphatic carbocycles. The van der Waals surface area contributed by atoms with Crippen LogP contribution >= 0.6 is 0 Å². The Hall–Kier alpha value is -4.54. The van der Waals surface area contributed by atoms with Crippen molar-refractivity contribution in [2.45, 2.75) is 6.10 Å². The second-order valence-electron chi connectivity index (χ2n) is 8.74. The van der Waals surface area contributed by atoms with Gasteiger partial charge in [-0.2, -0.15) is 4.98 Å². The maximum atomic E-state index is 11.8. The van der Waals surface area contributed by atoms with E-state index in [-0.39, 0.29) is 12.0 Å². The lowest BCUT2D eigenvalue weighted by molar-refractivity contribution is -0.111. The molecule has 2 aromatic carbocycles. The van der Waals surface area contributed by atoms with E-state index in [9.17, 15) is 4.79 Å². The lowest BCUT2D eigenvalue weighted by Gasteiger charge is -2.33. The van der Waals surface area contributed by atoms with Crippen LogP contribution in [0.25, 0.3) is 22.0 Å². The van der Waals surface area contributed by atoms with Gasteiger partial charge in [-0.25, -0.2) is 9.97 Å². The fourth-order valence-corrected chi connectivity index (χ4v) is 4.35. The summed E-state index contributed by atoms with van der Waals surface area (Å²) >= 11 is 0. The van der Waals surface area contributed by atoms with E-state index in [4.69, 9.17) is 25.2 Å². The summed E-state index contributed by atoms with van der Waals surface area (Å²) in [5.41, 5.74) is 9.69. The van der Waals surface area contributed by atoms with Crippen LogP contribution in [0.2, 0.25) is 0 Å². The number of morpholine rings is 1. The van der Waals surface area contributed by atoms with Crippen molar-refractivity contribution in [2.24, 2.45) is 5.73 Å². The van der Waals surface area contributed by atoms with E-state index in [0.29, 0.717) is 42.9 Å². The lowest BCUT2D eigenvalue weighted by Crippen LogP contribution is -2.46. The van der Waals surface area contributed by atoms with Gasteiger partial charge in [-0.3, -0.25) is 4.79 Å². The molecule has 38 heavy (non-hydrogen) atoms. The van der Waals surface area contributed by atoms with Crippen LogP contribution in [0, 0.1) is 0 Å². The van der Waals surface area contributed by atoms with Crippen LogP contribution in [0.1, 0.15) is 0 Å². The molecule has 1 atom stereocenters. The molecular formula is C28H29N7O3. The number of aromatic nitrogens is 3. The molecule has 1 aliphatic rings. The van der Waals surface area contributed by atoms with Crippen molar-refractivity contribution in [3.63, 3.8) is 0 Å². The zero-order chi connectivity index (χ0) is 26.5. The van der Waals surface area contributed by atoms with Crippen LogP contribution in [0.4, 0.5) is 23.1 Å². The quantitative estimate of drug-likeness (QED) is 0.303. The number of pyridine rings is 1. The number of nitrogens with one attached hydrogen (secondary N) is 2. The number of hydrogen-bond donors (Lipinski definition) is 3. The molecule has 1 fully saturated rings. The first-order valence-corrected chi connectivity index (χ1v) is 12.3. The third-order valence-corrected chi connectivity index (χ3v) is 6.25. The average Bonchev–Trinajstić information content (AvgIpc) is 2.97. The summed E-state index contributed by atoms with van der Waals surface area (Å²) in [6.07, 6.45) is 2.99. The molecule has 5 rings (SSSR count). The normalized spacial score (nSPS) is 15.2. The van der Waals surface area contributed by atoms with Crippen molar-refractivity contribution in [1.29, 1.82) is 0 Å². The number of benzene rings is 2. The number of carbonyl (C=O) groups is 1. The average molecular weight is 512 g/mol. The number of carbonyl (C=O) groups excluding carboxylic acids is 1. The van der Waals surface area contributed by atoms with Crippen molar-refractivity contribution >= 4 is 40.0 Å². The Morgan fingerprint density at radius 3 is 2.92 bits per heavy atom. The Morgan fingerprint density at radius 1 is 1.24 bits per heavy atom. The number of ether oxygens (including phenoxy) is 2. The van der Waals surface area contributed by atoms with Crippen molar-refractivity contribution < 1.29 is 14.3 Å². The molecule has 4 aromatic rings. The van der Waals surface area contributed by atoms with Gasteiger partial charge in [0.15, 0.2) is 0 Å². The van der Waals surface area contributed by atoms with Crippen LogP contribution in [0.5, 0.6) is 5.88 Å². The molecule has 0 radical (unpaired) electrons. The smallest absolute Gasteiger partial charge is 0.247 e. The number of nitrogens with zero attached hydrogens (tertiary/aromatic N) is 4. The minimum Gasteiger partial charge on any atom is -0.479 e. The second kappa shape index (κ2) is 11.2. The summed E-state index contributed by atoms with van der Waals surface area (Å²) < 4.78 is 11.2. The maximum absolute atomic E-state index is 11.8. The van der Waals surface area contributed by atoms with E-state index < -0.39 is 0 Å². The topological polar surface area (TPSA) is 128 Å². The molecule has 1 amide bonds. The Morgan fingerprint density at radius 2 is 2.11 bits per heavy atom. The predicted molar refractivity (Wildman–Crippen MR) is 149 cm³/mol. The molecule has 0 bridgehead atoms. The van der Waals surface area contributed by atoms with E-state index in [1.165, 1.54) is 6.08 Å². The third kappa shape index (κ3) is 5.41. The number of amides is 1. The maximum Gasteiger partial charge on any atom is 0.247 e. The van der Waals surface area contributed by atoms with Gasteiger partial charge in [0.2, 0.25) is 17.7 Å². The highest BCUT2D eigenvalue weighted by molar-refractivity contribution is 6.00. The van der Waals surface area contributed by atoms with Gasteiger partial charge in [0, 0.05) is 42.5 Å². The van der Waals surface area contributed by atoms with Gasteiger partial charge in [-0.15, -0.1) is 0 Å². The molecule has 1 saturated heterocycles. The fourth-order valence-electron chi connectivity index (χ4n) is 4.35. The van der Waals surface area contributed by atoms with E-state index >= 15 is 0 Å². The zero-order valence-electron chi connectivity index (χ0n) is 21.1. The van der Waals surface area contributed by atoms with Crippen LogP contribution in [0.3, 0.4) is 0 Å². The number of fused-ring (bicyclic) bond motifs is 1. The Labute approximate surface area is 220 Å². The van der Waals surface area contributed by atoms with Crippen LogP contribution in [-0.2, 0) is 9.53 Å². The highest BCUT2D eigenvalue weighted by atomic mass is 16.5. The molecule has 0 unspecified atom stereocenters. The molecule has 2 aromatic heterocycles. The van der Waals surface area contributed by atoms with Crippen LogP contribution < -0.4 is 26.0 Å². The number of para-hydroxylation sites is 1. The number of methoxy groups -OCH3 is 1. The molecule has 0 saturated carbocycles. The predicted octanol–water partition coefficient (Wildman–Crippen LogP) is 3.73. The highest BCUT2D eigenvalue weighted by Gasteiger charge is 2.21. The minimum atomic E-state index is -0.268. The van der Waals surface area contributed by atoms with Gasteiger partial charge in [0.25, 0.3) is 0 Å². The van der Waals surface area contributed by atoms with E-state index in [1.54, 1.807) is 13.3 Å². The second-order valence-corrected chi connectivity index (χ2v) is 8.74. The van der Waals surface area contributed by atoms with Crippen LogP contribution in [0.15, 0.2) is 73.4 Å². The molecule has 10 nitrogen and oxygen atoms in total. The van der Waals surface area contributed by atoms with Gasteiger partial charge in [0.05, 0.1) is 25.3 Å². The number of anilines is 4. The van der Waals surface area contributed by atoms with Crippen LogP contribution in [-0.4, -0.2) is 60.3 Å². The minimum absolute atomic E-state index is 0.0199. The summed E-state index contributed by atoms with van der Waals surface area (Å²) in [5.74, 6) is 1.36. The Kier molecular flexibility index (Phi) is 7.43. The van der Waals surface area contributed by atoms with Crippen molar-refractivity contribution in [3.8, 4) is 17.0 Å². The summed E-state index contributed by atoms with van der Waals surface area (Å²) in [6, 6.07) is 17.3. The number of nitrogens with two attached hydrogens (primary N) is 1. The third-order valence-electron chi connectivity index (χ3n) is 6.25. The first-order valence-electron chi connectivity index (χ1n) is 12.3. The molecule has 10 heteroatoms. The standard InChI is InChI=1S/C28H29N7O3/c1-3-25(36)31-20-8-4-6-18(14-20)22-9-5-7-19-16-30-28(34-26(19)22)32-23-10-11-24(33-27(23)37-2)35-12-13-38-21(15-29)17-35/h3-11,14,16,21H,1,12-13,15,17,29H2,2H3,(H,31,36)(H,30,32,34)/t21-/m0/s1. The highest BCUT2D eigenvalue weighted by Crippen LogP contribution is 2.32. The lowest BCUT2D eigenvalue weighted by atomic mass is 10.0. The molecule has 3 heterocycles. The van der Waals surface area contributed by atoms with Gasteiger partial charge in [-0.05, 0) is 35.9 Å². The largest absolute Gasteiger partial charge is 0.479 e. The van der Waals surface area contributed by atoms with E-state index in [1.807, 2.05) is 54.6 Å². The SMILES string of the molecule is C=CC(=O)Nc1cccc(-c2cccc3cnc(Nc4ccc(N5CCO[C@@H](CN)C5)nc4OC)nc23)c1. The van der Waals surface area contributed by atoms with E-state index in [2.05, 4.69) is 27.1 Å².